The van der Waals surface area contributed by atoms with E-state index in [1.165, 1.54) is 0 Å². The number of aryl methyl sites for hydroxylation is 1. The van der Waals surface area contributed by atoms with Crippen LogP contribution in [0.25, 0.3) is 22.6 Å². The number of carbonyl (C=O) groups is 1. The summed E-state index contributed by atoms with van der Waals surface area (Å²) in [5, 5.41) is 0. The molecule has 2 N–H and O–H groups in total. The normalized spacial score (nSPS) is 10.8. The van der Waals surface area contributed by atoms with Crippen LogP contribution >= 0.6 is 0 Å². The van der Waals surface area contributed by atoms with Crippen molar-refractivity contribution >= 4 is 17.0 Å². The molecule has 1 amide bonds. The summed E-state index contributed by atoms with van der Waals surface area (Å²) in [4.78, 5) is 15.3. The zero-order valence-electron chi connectivity index (χ0n) is 10.9. The van der Waals surface area contributed by atoms with E-state index in [9.17, 15) is 4.79 Å². The Bertz CT molecular complexity index is 729. The van der Waals surface area contributed by atoms with Crippen LogP contribution in [0, 0.1) is 0 Å². The number of hydrogen-bond donors (Lipinski definition) is 1. The summed E-state index contributed by atoms with van der Waals surface area (Å²) in [6, 6.07) is 15.5. The number of primary amides is 1. The van der Waals surface area contributed by atoms with Gasteiger partial charge in [-0.05, 0) is 36.2 Å². The molecule has 0 aliphatic heterocycles. The number of para-hydroxylation sites is 2. The molecule has 4 nitrogen and oxygen atoms in total. The number of hydrogen-bond acceptors (Lipinski definition) is 3. The van der Waals surface area contributed by atoms with Crippen molar-refractivity contribution in [1.82, 2.24) is 4.98 Å². The van der Waals surface area contributed by atoms with E-state index >= 15 is 0 Å². The molecule has 0 spiro atoms. The number of nitrogens with two attached hydrogens (primary N) is 1. The highest BCUT2D eigenvalue weighted by molar-refractivity contribution is 5.76. The van der Waals surface area contributed by atoms with Crippen LogP contribution in [0.4, 0.5) is 0 Å². The largest absolute Gasteiger partial charge is 0.436 e. The van der Waals surface area contributed by atoms with Crippen molar-refractivity contribution < 1.29 is 9.21 Å². The quantitative estimate of drug-likeness (QED) is 0.789. The van der Waals surface area contributed by atoms with Gasteiger partial charge in [0.25, 0.3) is 0 Å². The molecule has 2 aromatic carbocycles. The van der Waals surface area contributed by atoms with Gasteiger partial charge in [0, 0.05) is 12.0 Å². The lowest BCUT2D eigenvalue weighted by molar-refractivity contribution is -0.117. The van der Waals surface area contributed by atoms with Crippen molar-refractivity contribution in [2.45, 2.75) is 12.8 Å². The van der Waals surface area contributed by atoms with Crippen LogP contribution in [0.2, 0.25) is 0 Å². The molecule has 3 aromatic rings. The molecule has 0 saturated carbocycles. The molecule has 0 fully saturated rings. The molecule has 1 heterocycles. The highest BCUT2D eigenvalue weighted by Gasteiger charge is 2.08. The van der Waals surface area contributed by atoms with Crippen LogP contribution in [0.1, 0.15) is 12.0 Å². The molecule has 0 radical (unpaired) electrons. The van der Waals surface area contributed by atoms with E-state index in [1.807, 2.05) is 48.5 Å². The maximum Gasteiger partial charge on any atom is 0.227 e. The predicted octanol–water partition coefficient (Wildman–Crippen LogP) is 2.91. The first-order chi connectivity index (χ1) is 9.72. The number of carbonyl (C=O) groups excluding carboxylic acids is 1. The van der Waals surface area contributed by atoms with E-state index in [-0.39, 0.29) is 5.91 Å². The molecule has 0 atom stereocenters. The monoisotopic (exact) mass is 266 g/mol. The lowest BCUT2D eigenvalue weighted by Gasteiger charge is -2.01. The Labute approximate surface area is 116 Å². The van der Waals surface area contributed by atoms with Gasteiger partial charge in [-0.2, -0.15) is 0 Å². The molecule has 1 aromatic heterocycles. The Morgan fingerprint density at radius 2 is 2.00 bits per heavy atom. The van der Waals surface area contributed by atoms with E-state index in [0.717, 1.165) is 22.2 Å². The van der Waals surface area contributed by atoms with Gasteiger partial charge >= 0.3 is 0 Å². The molecule has 3 rings (SSSR count). The van der Waals surface area contributed by atoms with Crippen molar-refractivity contribution in [3.8, 4) is 11.5 Å². The molecule has 20 heavy (non-hydrogen) atoms. The minimum Gasteiger partial charge on any atom is -0.436 e. The summed E-state index contributed by atoms with van der Waals surface area (Å²) in [6.45, 7) is 0. The second kappa shape index (κ2) is 5.17. The third kappa shape index (κ3) is 2.54. The highest BCUT2D eigenvalue weighted by Crippen LogP contribution is 2.24. The topological polar surface area (TPSA) is 69.1 Å². The van der Waals surface area contributed by atoms with Crippen LogP contribution in [0.3, 0.4) is 0 Å². The first kappa shape index (κ1) is 12.4. The maximum atomic E-state index is 10.8. The minimum atomic E-state index is -0.294. The number of nitrogens with zero attached hydrogens (tertiary/aromatic N) is 1. The Balaban J connectivity index is 1.93. The molecule has 0 unspecified atom stereocenters. The Morgan fingerprint density at radius 1 is 1.15 bits per heavy atom. The lowest BCUT2D eigenvalue weighted by Crippen LogP contribution is -2.11. The van der Waals surface area contributed by atoms with Gasteiger partial charge in [-0.25, -0.2) is 4.98 Å². The fourth-order valence-electron chi connectivity index (χ4n) is 2.12. The van der Waals surface area contributed by atoms with E-state index in [4.69, 9.17) is 10.2 Å². The molecular formula is C16H14N2O2. The third-order valence-corrected chi connectivity index (χ3v) is 3.13. The molecule has 0 bridgehead atoms. The van der Waals surface area contributed by atoms with Crippen LogP contribution < -0.4 is 5.73 Å². The van der Waals surface area contributed by atoms with Gasteiger partial charge in [0.2, 0.25) is 11.8 Å². The smallest absolute Gasteiger partial charge is 0.227 e. The SMILES string of the molecule is NC(=O)CCc1cccc(-c2nc3ccccc3o2)c1. The van der Waals surface area contributed by atoms with Gasteiger partial charge in [0.15, 0.2) is 5.58 Å². The highest BCUT2D eigenvalue weighted by atomic mass is 16.3. The van der Waals surface area contributed by atoms with E-state index in [2.05, 4.69) is 4.98 Å². The number of aromatic nitrogens is 1. The average molecular weight is 266 g/mol. The van der Waals surface area contributed by atoms with Crippen LogP contribution in [0.5, 0.6) is 0 Å². The fraction of sp³-hybridized carbons (Fsp3) is 0.125. The second-order valence-electron chi connectivity index (χ2n) is 4.65. The summed E-state index contributed by atoms with van der Waals surface area (Å²) < 4.78 is 5.73. The summed E-state index contributed by atoms with van der Waals surface area (Å²) >= 11 is 0. The van der Waals surface area contributed by atoms with Crippen molar-refractivity contribution in [3.05, 3.63) is 54.1 Å². The lowest BCUT2D eigenvalue weighted by atomic mass is 10.1. The van der Waals surface area contributed by atoms with Crippen molar-refractivity contribution in [3.63, 3.8) is 0 Å². The first-order valence-corrected chi connectivity index (χ1v) is 6.45. The maximum absolute atomic E-state index is 10.8. The number of benzene rings is 2. The van der Waals surface area contributed by atoms with Crippen molar-refractivity contribution in [2.75, 3.05) is 0 Å². The van der Waals surface area contributed by atoms with E-state index < -0.39 is 0 Å². The van der Waals surface area contributed by atoms with E-state index in [1.54, 1.807) is 0 Å². The summed E-state index contributed by atoms with van der Waals surface area (Å²) in [6.07, 6.45) is 0.973. The van der Waals surface area contributed by atoms with Crippen LogP contribution in [0.15, 0.2) is 52.9 Å². The molecule has 0 saturated heterocycles. The number of oxazole rings is 1. The van der Waals surface area contributed by atoms with Gasteiger partial charge in [-0.1, -0.05) is 24.3 Å². The van der Waals surface area contributed by atoms with E-state index in [0.29, 0.717) is 18.7 Å². The van der Waals surface area contributed by atoms with Crippen LogP contribution in [-0.4, -0.2) is 10.9 Å². The standard InChI is InChI=1S/C16H14N2O2/c17-15(19)9-8-11-4-3-5-12(10-11)16-18-13-6-1-2-7-14(13)20-16/h1-7,10H,8-9H2,(H2,17,19). The zero-order valence-corrected chi connectivity index (χ0v) is 10.9. The third-order valence-electron chi connectivity index (χ3n) is 3.13. The Kier molecular flexibility index (Phi) is 3.21. The number of rotatable bonds is 4. The van der Waals surface area contributed by atoms with Gasteiger partial charge in [0.05, 0.1) is 0 Å². The van der Waals surface area contributed by atoms with Gasteiger partial charge < -0.3 is 10.2 Å². The molecule has 4 heteroatoms. The Morgan fingerprint density at radius 3 is 2.80 bits per heavy atom. The first-order valence-electron chi connectivity index (χ1n) is 6.45. The van der Waals surface area contributed by atoms with Gasteiger partial charge in [-0.3, -0.25) is 4.79 Å². The summed E-state index contributed by atoms with van der Waals surface area (Å²) in [5.74, 6) is 0.296. The molecule has 100 valence electrons. The number of amides is 1. The second-order valence-corrected chi connectivity index (χ2v) is 4.65. The zero-order chi connectivity index (χ0) is 13.9. The van der Waals surface area contributed by atoms with Crippen molar-refractivity contribution in [2.24, 2.45) is 5.73 Å². The average Bonchev–Trinajstić information content (AvgIpc) is 2.89. The number of fused-ring (bicyclic) bond motifs is 1. The van der Waals surface area contributed by atoms with Crippen LogP contribution in [-0.2, 0) is 11.2 Å². The Hall–Kier alpha value is -2.62. The minimum absolute atomic E-state index is 0.294. The summed E-state index contributed by atoms with van der Waals surface area (Å²) in [5.41, 5.74) is 8.73. The van der Waals surface area contributed by atoms with Gasteiger partial charge in [0.1, 0.15) is 5.52 Å². The van der Waals surface area contributed by atoms with Gasteiger partial charge in [-0.15, -0.1) is 0 Å². The molecular weight excluding hydrogens is 252 g/mol. The van der Waals surface area contributed by atoms with Crippen molar-refractivity contribution in [1.29, 1.82) is 0 Å². The molecule has 0 aliphatic rings. The summed E-state index contributed by atoms with van der Waals surface area (Å²) in [7, 11) is 0. The molecule has 0 aliphatic carbocycles. The fourth-order valence-corrected chi connectivity index (χ4v) is 2.12. The predicted molar refractivity (Wildman–Crippen MR) is 77.0 cm³/mol.